The second kappa shape index (κ2) is 13.2. The summed E-state index contributed by atoms with van der Waals surface area (Å²) in [6.45, 7) is 9.89. The number of esters is 1. The SMILES string of the molecule is C=CC(=O)OCCNC(=O)OCCOc1ccc(C)cc1.CC.[HH]. The van der Waals surface area contributed by atoms with Gasteiger partial charge in [-0.2, -0.15) is 0 Å². The van der Waals surface area contributed by atoms with Gasteiger partial charge in [0.15, 0.2) is 0 Å². The summed E-state index contributed by atoms with van der Waals surface area (Å²) in [5, 5.41) is 2.44. The zero-order valence-corrected chi connectivity index (χ0v) is 14.0. The van der Waals surface area contributed by atoms with Gasteiger partial charge in [-0.3, -0.25) is 0 Å². The maximum Gasteiger partial charge on any atom is 0.407 e. The zero-order valence-electron chi connectivity index (χ0n) is 14.0. The Morgan fingerprint density at radius 2 is 1.78 bits per heavy atom. The van der Waals surface area contributed by atoms with Crippen LogP contribution in [0.1, 0.15) is 20.8 Å². The number of alkyl carbamates (subject to hydrolysis) is 1. The van der Waals surface area contributed by atoms with Gasteiger partial charge < -0.3 is 19.5 Å². The lowest BCUT2D eigenvalue weighted by atomic mass is 10.2. The van der Waals surface area contributed by atoms with Crippen LogP contribution in [0.15, 0.2) is 36.9 Å². The van der Waals surface area contributed by atoms with Crippen molar-refractivity contribution >= 4 is 12.1 Å². The Morgan fingerprint density at radius 3 is 2.39 bits per heavy atom. The Hall–Kier alpha value is -2.50. The molecule has 0 aromatic heterocycles. The van der Waals surface area contributed by atoms with Crippen LogP contribution in [0.3, 0.4) is 0 Å². The summed E-state index contributed by atoms with van der Waals surface area (Å²) < 4.78 is 15.0. The molecule has 0 heterocycles. The number of amides is 1. The maximum atomic E-state index is 11.3. The minimum Gasteiger partial charge on any atom is -0.490 e. The van der Waals surface area contributed by atoms with Gasteiger partial charge in [-0.1, -0.05) is 38.1 Å². The van der Waals surface area contributed by atoms with E-state index in [0.29, 0.717) is 0 Å². The first-order chi connectivity index (χ1) is 11.1. The van der Waals surface area contributed by atoms with Gasteiger partial charge in [-0.25, -0.2) is 9.59 Å². The average molecular weight is 325 g/mol. The van der Waals surface area contributed by atoms with E-state index in [2.05, 4.69) is 16.6 Å². The summed E-state index contributed by atoms with van der Waals surface area (Å²) in [4.78, 5) is 22.0. The van der Waals surface area contributed by atoms with Crippen molar-refractivity contribution in [2.24, 2.45) is 0 Å². The molecule has 1 amide bonds. The molecule has 0 radical (unpaired) electrons. The van der Waals surface area contributed by atoms with Crippen LogP contribution < -0.4 is 10.1 Å². The predicted molar refractivity (Wildman–Crippen MR) is 90.6 cm³/mol. The van der Waals surface area contributed by atoms with Gasteiger partial charge in [0.25, 0.3) is 0 Å². The fraction of sp³-hybridized carbons (Fsp3) is 0.412. The number of hydrogen-bond donors (Lipinski definition) is 1. The lowest BCUT2D eigenvalue weighted by molar-refractivity contribution is -0.137. The van der Waals surface area contributed by atoms with Crippen molar-refractivity contribution in [2.75, 3.05) is 26.4 Å². The fourth-order valence-electron chi connectivity index (χ4n) is 1.34. The highest BCUT2D eigenvalue weighted by atomic mass is 16.6. The number of benzene rings is 1. The normalized spacial score (nSPS) is 9.00. The number of aryl methyl sites for hydroxylation is 1. The van der Waals surface area contributed by atoms with Crippen molar-refractivity contribution in [3.05, 3.63) is 42.5 Å². The van der Waals surface area contributed by atoms with Crippen LogP contribution in [0.2, 0.25) is 0 Å². The molecule has 0 saturated carbocycles. The van der Waals surface area contributed by atoms with E-state index in [9.17, 15) is 9.59 Å². The summed E-state index contributed by atoms with van der Waals surface area (Å²) in [6, 6.07) is 7.58. The van der Waals surface area contributed by atoms with Crippen molar-refractivity contribution in [3.63, 3.8) is 0 Å². The Labute approximate surface area is 138 Å². The molecule has 1 aromatic rings. The fourth-order valence-corrected chi connectivity index (χ4v) is 1.34. The Balaban J connectivity index is 0. The number of nitrogens with one attached hydrogen (secondary N) is 1. The van der Waals surface area contributed by atoms with Gasteiger partial charge >= 0.3 is 12.1 Å². The van der Waals surface area contributed by atoms with E-state index in [1.165, 1.54) is 0 Å². The summed E-state index contributed by atoms with van der Waals surface area (Å²) in [5.41, 5.74) is 1.15. The summed E-state index contributed by atoms with van der Waals surface area (Å²) in [5.74, 6) is 0.192. The van der Waals surface area contributed by atoms with Crippen LogP contribution in [0.25, 0.3) is 0 Å². The third kappa shape index (κ3) is 10.8. The molecule has 23 heavy (non-hydrogen) atoms. The molecule has 6 nitrogen and oxygen atoms in total. The van der Waals surface area contributed by atoms with Crippen LogP contribution in [-0.2, 0) is 14.3 Å². The van der Waals surface area contributed by atoms with E-state index in [1.807, 2.05) is 45.0 Å². The topological polar surface area (TPSA) is 73.9 Å². The Bertz CT molecular complexity index is 476. The minimum absolute atomic E-state index is 0. The molecule has 0 aliphatic rings. The molecule has 0 aliphatic heterocycles. The molecule has 0 saturated heterocycles. The first kappa shape index (κ1) is 20.5. The quantitative estimate of drug-likeness (QED) is 0.451. The molecular formula is C17H27NO5. The average Bonchev–Trinajstić information content (AvgIpc) is 2.58. The molecule has 0 atom stereocenters. The lowest BCUT2D eigenvalue weighted by Gasteiger charge is -2.08. The molecular weight excluding hydrogens is 298 g/mol. The highest BCUT2D eigenvalue weighted by Crippen LogP contribution is 2.10. The minimum atomic E-state index is -0.586. The zero-order chi connectivity index (χ0) is 17.5. The molecule has 6 heteroatoms. The van der Waals surface area contributed by atoms with Crippen molar-refractivity contribution in [1.82, 2.24) is 5.32 Å². The number of ether oxygens (including phenoxy) is 3. The van der Waals surface area contributed by atoms with E-state index < -0.39 is 12.1 Å². The number of hydrogen-bond acceptors (Lipinski definition) is 5. The number of rotatable bonds is 8. The molecule has 0 unspecified atom stereocenters. The molecule has 1 N–H and O–H groups in total. The van der Waals surface area contributed by atoms with Crippen LogP contribution in [0.4, 0.5) is 4.79 Å². The van der Waals surface area contributed by atoms with Crippen molar-refractivity contribution in [1.29, 1.82) is 0 Å². The summed E-state index contributed by atoms with van der Waals surface area (Å²) >= 11 is 0. The highest BCUT2D eigenvalue weighted by molar-refractivity contribution is 5.81. The largest absolute Gasteiger partial charge is 0.490 e. The van der Waals surface area contributed by atoms with E-state index >= 15 is 0 Å². The van der Waals surface area contributed by atoms with Crippen LogP contribution >= 0.6 is 0 Å². The molecule has 1 aromatic carbocycles. The van der Waals surface area contributed by atoms with Gasteiger partial charge in [-0.15, -0.1) is 0 Å². The first-order valence-electron chi connectivity index (χ1n) is 7.51. The molecule has 0 spiro atoms. The lowest BCUT2D eigenvalue weighted by Crippen LogP contribution is -2.29. The third-order valence-electron chi connectivity index (χ3n) is 2.39. The molecule has 0 bridgehead atoms. The maximum absolute atomic E-state index is 11.3. The molecule has 0 aliphatic carbocycles. The van der Waals surface area contributed by atoms with E-state index in [4.69, 9.17) is 9.47 Å². The van der Waals surface area contributed by atoms with Gasteiger partial charge in [0.2, 0.25) is 0 Å². The van der Waals surface area contributed by atoms with Gasteiger partial charge in [0.1, 0.15) is 25.6 Å². The Morgan fingerprint density at radius 1 is 1.13 bits per heavy atom. The Kier molecular flexibility index (Phi) is 11.8. The van der Waals surface area contributed by atoms with E-state index in [-0.39, 0.29) is 27.8 Å². The van der Waals surface area contributed by atoms with Crippen molar-refractivity contribution in [3.8, 4) is 5.75 Å². The second-order valence-corrected chi connectivity index (χ2v) is 4.10. The van der Waals surface area contributed by atoms with Gasteiger partial charge in [-0.05, 0) is 19.1 Å². The van der Waals surface area contributed by atoms with Crippen LogP contribution in [0, 0.1) is 6.92 Å². The van der Waals surface area contributed by atoms with Crippen LogP contribution in [-0.4, -0.2) is 38.4 Å². The highest BCUT2D eigenvalue weighted by Gasteiger charge is 2.02. The monoisotopic (exact) mass is 325 g/mol. The third-order valence-corrected chi connectivity index (χ3v) is 2.39. The number of carbonyl (C=O) groups is 2. The van der Waals surface area contributed by atoms with Gasteiger partial charge in [0.05, 0.1) is 6.54 Å². The van der Waals surface area contributed by atoms with E-state index in [0.717, 1.165) is 17.4 Å². The second-order valence-electron chi connectivity index (χ2n) is 4.10. The smallest absolute Gasteiger partial charge is 0.407 e. The number of carbonyl (C=O) groups excluding carboxylic acids is 2. The molecule has 130 valence electrons. The molecule has 1 rings (SSSR count). The van der Waals surface area contributed by atoms with Crippen molar-refractivity contribution in [2.45, 2.75) is 20.8 Å². The summed E-state index contributed by atoms with van der Waals surface area (Å²) in [7, 11) is 0. The standard InChI is InChI=1S/C15H19NO5.C2H6.H2/c1-3-14(17)20-9-8-16-15(18)21-11-10-19-13-6-4-12(2)5-7-13;1-2;/h3-7H,1,8-11H2,2H3,(H,16,18);1-2H3;1H. The molecule has 0 fully saturated rings. The van der Waals surface area contributed by atoms with E-state index in [1.54, 1.807) is 0 Å². The van der Waals surface area contributed by atoms with Crippen LogP contribution in [0.5, 0.6) is 5.75 Å². The summed E-state index contributed by atoms with van der Waals surface area (Å²) in [6.07, 6.45) is 0.470. The predicted octanol–water partition coefficient (Wildman–Crippen LogP) is 3.10. The first-order valence-corrected chi connectivity index (χ1v) is 7.51. The van der Waals surface area contributed by atoms with Crippen molar-refractivity contribution < 1.29 is 25.2 Å². The van der Waals surface area contributed by atoms with Gasteiger partial charge in [0, 0.05) is 7.50 Å².